The van der Waals surface area contributed by atoms with Crippen LogP contribution in [0.5, 0.6) is 0 Å². The lowest BCUT2D eigenvalue weighted by atomic mass is 9.81. The van der Waals surface area contributed by atoms with Crippen LogP contribution in [0.4, 0.5) is 0 Å². The molecule has 5 nitrogen and oxygen atoms in total. The predicted molar refractivity (Wildman–Crippen MR) is 102 cm³/mol. The molecule has 3 rings (SSSR count). The summed E-state index contributed by atoms with van der Waals surface area (Å²) in [6.45, 7) is 2.52. The van der Waals surface area contributed by atoms with Gasteiger partial charge in [0.05, 0.1) is 0 Å². The lowest BCUT2D eigenvalue weighted by Crippen LogP contribution is -2.40. The molecule has 1 amide bonds. The standard InChI is InChI=1S/C21H27N3O2/c1-3-15-24-20(25)14-13-19(22-24)21(26)23(2)18-11-9-17(10-12-18)16-7-5-4-6-8-16/h4-8,13-14,17-18H,3,9-12,15H2,1-2H3. The van der Waals surface area contributed by atoms with Crippen LogP contribution in [0.3, 0.4) is 0 Å². The summed E-state index contributed by atoms with van der Waals surface area (Å²) in [7, 11) is 1.85. The van der Waals surface area contributed by atoms with Crippen LogP contribution in [0, 0.1) is 0 Å². The molecule has 0 bridgehead atoms. The van der Waals surface area contributed by atoms with Crippen molar-refractivity contribution in [1.82, 2.24) is 14.7 Å². The van der Waals surface area contributed by atoms with Crippen molar-refractivity contribution in [2.24, 2.45) is 0 Å². The molecule has 1 heterocycles. The molecular formula is C21H27N3O2. The third-order valence-corrected chi connectivity index (χ3v) is 5.36. The lowest BCUT2D eigenvalue weighted by molar-refractivity contribution is 0.0680. The monoisotopic (exact) mass is 353 g/mol. The molecule has 1 aromatic carbocycles. The molecule has 1 aliphatic carbocycles. The predicted octanol–water partition coefficient (Wildman–Crippen LogP) is 3.45. The summed E-state index contributed by atoms with van der Waals surface area (Å²) in [6, 6.07) is 13.8. The van der Waals surface area contributed by atoms with Crippen molar-refractivity contribution in [1.29, 1.82) is 0 Å². The maximum atomic E-state index is 12.8. The number of aromatic nitrogens is 2. The third kappa shape index (κ3) is 4.03. The Hall–Kier alpha value is -2.43. The van der Waals surface area contributed by atoms with E-state index in [1.807, 2.05) is 24.9 Å². The number of rotatable bonds is 5. The molecule has 0 atom stereocenters. The van der Waals surface area contributed by atoms with Crippen LogP contribution in [0.2, 0.25) is 0 Å². The number of amides is 1. The van der Waals surface area contributed by atoms with Crippen LogP contribution in [0.25, 0.3) is 0 Å². The lowest BCUT2D eigenvalue weighted by Gasteiger charge is -2.34. The van der Waals surface area contributed by atoms with E-state index in [1.165, 1.54) is 16.3 Å². The molecule has 1 saturated carbocycles. The van der Waals surface area contributed by atoms with Gasteiger partial charge in [0.2, 0.25) is 0 Å². The topological polar surface area (TPSA) is 55.2 Å². The van der Waals surface area contributed by atoms with E-state index in [1.54, 1.807) is 6.07 Å². The van der Waals surface area contributed by atoms with Crippen LogP contribution >= 0.6 is 0 Å². The third-order valence-electron chi connectivity index (χ3n) is 5.36. The van der Waals surface area contributed by atoms with Gasteiger partial charge in [-0.3, -0.25) is 9.59 Å². The molecule has 1 aliphatic rings. The molecule has 26 heavy (non-hydrogen) atoms. The summed E-state index contributed by atoms with van der Waals surface area (Å²) in [5.74, 6) is 0.485. The van der Waals surface area contributed by atoms with Gasteiger partial charge in [-0.05, 0) is 49.7 Å². The SMILES string of the molecule is CCCn1nc(C(=O)N(C)C2CCC(c3ccccc3)CC2)ccc1=O. The van der Waals surface area contributed by atoms with Gasteiger partial charge in [0, 0.05) is 25.7 Å². The average molecular weight is 353 g/mol. The summed E-state index contributed by atoms with van der Waals surface area (Å²) in [5, 5.41) is 4.25. The number of benzene rings is 1. The van der Waals surface area contributed by atoms with Gasteiger partial charge < -0.3 is 4.90 Å². The van der Waals surface area contributed by atoms with E-state index in [9.17, 15) is 9.59 Å². The molecule has 1 fully saturated rings. The Kier molecular flexibility index (Phi) is 5.86. The van der Waals surface area contributed by atoms with Crippen molar-refractivity contribution in [3.63, 3.8) is 0 Å². The van der Waals surface area contributed by atoms with Gasteiger partial charge in [0.1, 0.15) is 5.69 Å². The molecule has 0 N–H and O–H groups in total. The summed E-state index contributed by atoms with van der Waals surface area (Å²) in [4.78, 5) is 26.4. The highest BCUT2D eigenvalue weighted by Crippen LogP contribution is 2.34. The van der Waals surface area contributed by atoms with E-state index in [4.69, 9.17) is 0 Å². The van der Waals surface area contributed by atoms with Crippen LogP contribution in [-0.2, 0) is 6.54 Å². The summed E-state index contributed by atoms with van der Waals surface area (Å²) < 4.78 is 1.38. The highest BCUT2D eigenvalue weighted by atomic mass is 16.2. The Morgan fingerprint density at radius 2 is 1.81 bits per heavy atom. The largest absolute Gasteiger partial charge is 0.337 e. The Balaban J connectivity index is 1.65. The molecule has 1 aromatic heterocycles. The van der Waals surface area contributed by atoms with E-state index in [0.29, 0.717) is 18.2 Å². The number of hydrogen-bond acceptors (Lipinski definition) is 3. The number of aryl methyl sites for hydroxylation is 1. The number of carbonyl (C=O) groups excluding carboxylic acids is 1. The zero-order chi connectivity index (χ0) is 18.5. The summed E-state index contributed by atoms with van der Waals surface area (Å²) in [6.07, 6.45) is 4.99. The van der Waals surface area contributed by atoms with E-state index in [2.05, 4.69) is 29.4 Å². The minimum absolute atomic E-state index is 0.0991. The zero-order valence-corrected chi connectivity index (χ0v) is 15.6. The van der Waals surface area contributed by atoms with Crippen molar-refractivity contribution < 1.29 is 4.79 Å². The normalized spacial score (nSPS) is 19.9. The van der Waals surface area contributed by atoms with E-state index in [-0.39, 0.29) is 17.5 Å². The second kappa shape index (κ2) is 8.30. The van der Waals surface area contributed by atoms with Gasteiger partial charge in [0.15, 0.2) is 0 Å². The molecule has 2 aromatic rings. The number of carbonyl (C=O) groups is 1. The van der Waals surface area contributed by atoms with Gasteiger partial charge in [-0.25, -0.2) is 4.68 Å². The summed E-state index contributed by atoms with van der Waals surface area (Å²) in [5.41, 5.74) is 1.59. The molecular weight excluding hydrogens is 326 g/mol. The Morgan fingerprint density at radius 1 is 1.12 bits per heavy atom. The van der Waals surface area contributed by atoms with Crippen molar-refractivity contribution in [3.05, 3.63) is 64.1 Å². The van der Waals surface area contributed by atoms with Crippen molar-refractivity contribution in [2.45, 2.75) is 57.5 Å². The second-order valence-corrected chi connectivity index (χ2v) is 7.11. The fourth-order valence-corrected chi connectivity index (χ4v) is 3.80. The first-order valence-corrected chi connectivity index (χ1v) is 9.50. The van der Waals surface area contributed by atoms with Gasteiger partial charge in [-0.2, -0.15) is 5.10 Å². The first-order chi connectivity index (χ1) is 12.6. The van der Waals surface area contributed by atoms with Crippen molar-refractivity contribution >= 4 is 5.91 Å². The van der Waals surface area contributed by atoms with Crippen LogP contribution < -0.4 is 5.56 Å². The Bertz CT molecular complexity index is 792. The Morgan fingerprint density at radius 3 is 2.46 bits per heavy atom. The minimum Gasteiger partial charge on any atom is -0.337 e. The van der Waals surface area contributed by atoms with Gasteiger partial charge >= 0.3 is 0 Å². The van der Waals surface area contributed by atoms with Crippen molar-refractivity contribution in [2.75, 3.05) is 7.05 Å². The zero-order valence-electron chi connectivity index (χ0n) is 15.6. The first-order valence-electron chi connectivity index (χ1n) is 9.50. The maximum Gasteiger partial charge on any atom is 0.274 e. The molecule has 5 heteroatoms. The van der Waals surface area contributed by atoms with E-state index < -0.39 is 0 Å². The average Bonchev–Trinajstić information content (AvgIpc) is 2.69. The van der Waals surface area contributed by atoms with Gasteiger partial charge in [-0.15, -0.1) is 0 Å². The van der Waals surface area contributed by atoms with Gasteiger partial charge in [0.25, 0.3) is 11.5 Å². The first kappa shape index (κ1) is 18.4. The van der Waals surface area contributed by atoms with E-state index >= 15 is 0 Å². The Labute approximate surface area is 154 Å². The highest BCUT2D eigenvalue weighted by Gasteiger charge is 2.28. The molecule has 0 spiro atoms. The van der Waals surface area contributed by atoms with Crippen LogP contribution in [-0.4, -0.2) is 33.7 Å². The van der Waals surface area contributed by atoms with Crippen LogP contribution in [0.15, 0.2) is 47.3 Å². The molecule has 138 valence electrons. The fraction of sp³-hybridized carbons (Fsp3) is 0.476. The molecule has 0 saturated heterocycles. The molecule has 0 unspecified atom stereocenters. The number of hydrogen-bond donors (Lipinski definition) is 0. The maximum absolute atomic E-state index is 12.8. The highest BCUT2D eigenvalue weighted by molar-refractivity contribution is 5.92. The second-order valence-electron chi connectivity index (χ2n) is 7.11. The smallest absolute Gasteiger partial charge is 0.274 e. The van der Waals surface area contributed by atoms with Crippen LogP contribution in [0.1, 0.15) is 61.0 Å². The molecule has 0 aliphatic heterocycles. The quantitative estimate of drug-likeness (QED) is 0.827. The van der Waals surface area contributed by atoms with E-state index in [0.717, 1.165) is 32.1 Å². The number of nitrogens with zero attached hydrogens (tertiary/aromatic N) is 3. The van der Waals surface area contributed by atoms with Crippen molar-refractivity contribution in [3.8, 4) is 0 Å². The minimum atomic E-state index is -0.158. The molecule has 0 radical (unpaired) electrons. The fourth-order valence-electron chi connectivity index (χ4n) is 3.80. The summed E-state index contributed by atoms with van der Waals surface area (Å²) >= 11 is 0. The van der Waals surface area contributed by atoms with Gasteiger partial charge in [-0.1, -0.05) is 37.3 Å².